The summed E-state index contributed by atoms with van der Waals surface area (Å²) in [5.41, 5.74) is 4.52. The van der Waals surface area contributed by atoms with Gasteiger partial charge in [0.25, 0.3) is 5.91 Å². The monoisotopic (exact) mass is 271 g/mol. The van der Waals surface area contributed by atoms with Crippen LogP contribution in [0.5, 0.6) is 0 Å². The van der Waals surface area contributed by atoms with Crippen molar-refractivity contribution in [3.05, 3.63) is 50.7 Å². The molecule has 3 heteroatoms. The predicted molar refractivity (Wildman–Crippen MR) is 80.2 cm³/mol. The molecule has 98 valence electrons. The molecule has 0 aliphatic heterocycles. The Morgan fingerprint density at radius 3 is 2.68 bits per heavy atom. The second-order valence-electron chi connectivity index (χ2n) is 5.12. The number of rotatable bonds is 2. The maximum atomic E-state index is 12.2. The molecule has 1 aromatic heterocycles. The molecule has 3 rings (SSSR count). The van der Waals surface area contributed by atoms with E-state index in [2.05, 4.69) is 17.4 Å². The van der Waals surface area contributed by atoms with E-state index >= 15 is 0 Å². The van der Waals surface area contributed by atoms with E-state index in [4.69, 9.17) is 0 Å². The lowest BCUT2D eigenvalue weighted by molar-refractivity contribution is 0.102. The summed E-state index contributed by atoms with van der Waals surface area (Å²) in [6, 6.07) is 8.23. The second-order valence-corrected chi connectivity index (χ2v) is 6.58. The van der Waals surface area contributed by atoms with E-state index < -0.39 is 0 Å². The molecule has 0 radical (unpaired) electrons. The average molecular weight is 271 g/mol. The zero-order chi connectivity index (χ0) is 13.4. The molecule has 19 heavy (non-hydrogen) atoms. The van der Waals surface area contributed by atoms with Crippen LogP contribution in [-0.2, 0) is 12.8 Å². The summed E-state index contributed by atoms with van der Waals surface area (Å²) in [6.45, 7) is 4.03. The van der Waals surface area contributed by atoms with Crippen LogP contribution in [0.3, 0.4) is 0 Å². The Hall–Kier alpha value is -1.61. The van der Waals surface area contributed by atoms with Crippen molar-refractivity contribution in [3.8, 4) is 0 Å². The van der Waals surface area contributed by atoms with Gasteiger partial charge in [-0.15, -0.1) is 11.3 Å². The van der Waals surface area contributed by atoms with Crippen LogP contribution in [0.1, 0.15) is 37.7 Å². The summed E-state index contributed by atoms with van der Waals surface area (Å²) in [6.07, 6.45) is 3.54. The number of carbonyl (C=O) groups is 1. The van der Waals surface area contributed by atoms with E-state index in [1.165, 1.54) is 28.8 Å². The van der Waals surface area contributed by atoms with Crippen molar-refractivity contribution in [1.29, 1.82) is 0 Å². The molecule has 0 unspecified atom stereocenters. The molecule has 1 aliphatic carbocycles. The molecule has 0 spiro atoms. The fraction of sp³-hybridized carbons (Fsp3) is 0.312. The van der Waals surface area contributed by atoms with E-state index in [1.807, 2.05) is 26.0 Å². The Morgan fingerprint density at radius 2 is 1.95 bits per heavy atom. The lowest BCUT2D eigenvalue weighted by Gasteiger charge is -2.07. The Kier molecular flexibility index (Phi) is 3.15. The number of amides is 1. The summed E-state index contributed by atoms with van der Waals surface area (Å²) in [4.78, 5) is 14.5. The topological polar surface area (TPSA) is 29.1 Å². The molecule has 2 aromatic rings. The molecular formula is C16H17NOS. The molecule has 2 nitrogen and oxygen atoms in total. The highest BCUT2D eigenvalue weighted by molar-refractivity contribution is 7.12. The van der Waals surface area contributed by atoms with Crippen molar-refractivity contribution in [3.63, 3.8) is 0 Å². The molecule has 1 N–H and O–H groups in total. The van der Waals surface area contributed by atoms with Crippen LogP contribution < -0.4 is 5.32 Å². The molecule has 0 bridgehead atoms. The van der Waals surface area contributed by atoms with Crippen LogP contribution in [0.15, 0.2) is 24.3 Å². The highest BCUT2D eigenvalue weighted by Gasteiger charge is 2.14. The number of nitrogens with one attached hydrogen (secondary N) is 1. The Balaban J connectivity index is 1.81. The summed E-state index contributed by atoms with van der Waals surface area (Å²) in [5.74, 6) is -0.000188. The minimum absolute atomic E-state index is 0.000188. The lowest BCUT2D eigenvalue weighted by Crippen LogP contribution is -2.12. The minimum atomic E-state index is -0.000188. The maximum Gasteiger partial charge on any atom is 0.256 e. The van der Waals surface area contributed by atoms with Gasteiger partial charge in [0.05, 0.1) is 5.56 Å². The number of fused-ring (bicyclic) bond motifs is 1. The maximum absolute atomic E-state index is 12.2. The molecule has 1 aliphatic rings. The number of carbonyl (C=O) groups excluding carboxylic acids is 1. The molecule has 0 saturated carbocycles. The van der Waals surface area contributed by atoms with Gasteiger partial charge in [-0.05, 0) is 62.4 Å². The third-order valence-electron chi connectivity index (χ3n) is 3.64. The highest BCUT2D eigenvalue weighted by Crippen LogP contribution is 2.26. The van der Waals surface area contributed by atoms with E-state index in [0.29, 0.717) is 0 Å². The van der Waals surface area contributed by atoms with Crippen LogP contribution in [-0.4, -0.2) is 5.91 Å². The molecule has 0 atom stereocenters. The highest BCUT2D eigenvalue weighted by atomic mass is 32.1. The number of anilines is 1. The first kappa shape index (κ1) is 12.4. The van der Waals surface area contributed by atoms with Gasteiger partial charge >= 0.3 is 0 Å². The molecule has 1 amide bonds. The zero-order valence-electron chi connectivity index (χ0n) is 11.2. The smallest absolute Gasteiger partial charge is 0.256 e. The van der Waals surface area contributed by atoms with Crippen LogP contribution in [0.2, 0.25) is 0 Å². The first-order valence-corrected chi connectivity index (χ1v) is 7.45. The second kappa shape index (κ2) is 4.82. The summed E-state index contributed by atoms with van der Waals surface area (Å²) in [7, 11) is 0. The van der Waals surface area contributed by atoms with Gasteiger partial charge in [-0.25, -0.2) is 0 Å². The van der Waals surface area contributed by atoms with Crippen LogP contribution >= 0.6 is 11.3 Å². The lowest BCUT2D eigenvalue weighted by atomic mass is 10.1. The number of aryl methyl sites for hydroxylation is 4. The van der Waals surface area contributed by atoms with E-state index in [0.717, 1.165) is 22.5 Å². The van der Waals surface area contributed by atoms with Crippen LogP contribution in [0.4, 0.5) is 5.69 Å². The zero-order valence-corrected chi connectivity index (χ0v) is 12.1. The molecular weight excluding hydrogens is 254 g/mol. The Labute approximate surface area is 117 Å². The molecule has 0 saturated heterocycles. The Bertz CT molecular complexity index is 642. The summed E-state index contributed by atoms with van der Waals surface area (Å²) in [5, 5.41) is 3.01. The third kappa shape index (κ3) is 2.43. The van der Waals surface area contributed by atoms with Gasteiger partial charge in [0.2, 0.25) is 0 Å². The van der Waals surface area contributed by atoms with E-state index in [9.17, 15) is 4.79 Å². The van der Waals surface area contributed by atoms with Crippen LogP contribution in [0.25, 0.3) is 0 Å². The Morgan fingerprint density at radius 1 is 1.16 bits per heavy atom. The van der Waals surface area contributed by atoms with Crippen molar-refractivity contribution < 1.29 is 4.79 Å². The standard InChI is InChI=1S/C16H17NOS/c1-10-8-15(11(2)19-10)16(18)17-14-7-6-12-4-3-5-13(12)9-14/h6-9H,3-5H2,1-2H3,(H,17,18). The van der Waals surface area contributed by atoms with Crippen molar-refractivity contribution in [2.45, 2.75) is 33.1 Å². The van der Waals surface area contributed by atoms with Gasteiger partial charge in [0.1, 0.15) is 0 Å². The number of hydrogen-bond acceptors (Lipinski definition) is 2. The number of thiophene rings is 1. The van der Waals surface area contributed by atoms with Crippen molar-refractivity contribution in [2.24, 2.45) is 0 Å². The summed E-state index contributed by atoms with van der Waals surface area (Å²) < 4.78 is 0. The van der Waals surface area contributed by atoms with Gasteiger partial charge in [0, 0.05) is 15.4 Å². The molecule has 0 fully saturated rings. The molecule has 1 aromatic carbocycles. The predicted octanol–water partition coefficient (Wildman–Crippen LogP) is 4.11. The van der Waals surface area contributed by atoms with Gasteiger partial charge in [-0.3, -0.25) is 4.79 Å². The van der Waals surface area contributed by atoms with Gasteiger partial charge in [0.15, 0.2) is 0 Å². The minimum Gasteiger partial charge on any atom is -0.322 e. The van der Waals surface area contributed by atoms with Gasteiger partial charge < -0.3 is 5.32 Å². The quantitative estimate of drug-likeness (QED) is 0.875. The fourth-order valence-electron chi connectivity index (χ4n) is 2.70. The third-order valence-corrected chi connectivity index (χ3v) is 4.61. The largest absolute Gasteiger partial charge is 0.322 e. The fourth-order valence-corrected chi connectivity index (χ4v) is 3.63. The van der Waals surface area contributed by atoms with Gasteiger partial charge in [-0.1, -0.05) is 6.07 Å². The van der Waals surface area contributed by atoms with Crippen molar-refractivity contribution >= 4 is 22.9 Å². The van der Waals surface area contributed by atoms with E-state index in [1.54, 1.807) is 11.3 Å². The number of benzene rings is 1. The number of hydrogen-bond donors (Lipinski definition) is 1. The van der Waals surface area contributed by atoms with Crippen LogP contribution in [0, 0.1) is 13.8 Å². The van der Waals surface area contributed by atoms with Gasteiger partial charge in [-0.2, -0.15) is 0 Å². The first-order chi connectivity index (χ1) is 9.13. The first-order valence-electron chi connectivity index (χ1n) is 6.63. The van der Waals surface area contributed by atoms with Crippen molar-refractivity contribution in [1.82, 2.24) is 0 Å². The SMILES string of the molecule is Cc1cc(C(=O)Nc2ccc3c(c2)CCC3)c(C)s1. The molecule has 1 heterocycles. The average Bonchev–Trinajstić information content (AvgIpc) is 2.94. The summed E-state index contributed by atoms with van der Waals surface area (Å²) >= 11 is 1.67. The van der Waals surface area contributed by atoms with Crippen molar-refractivity contribution in [2.75, 3.05) is 5.32 Å². The normalized spacial score (nSPS) is 13.4. The van der Waals surface area contributed by atoms with E-state index in [-0.39, 0.29) is 5.91 Å².